The maximum absolute atomic E-state index is 12.7. The van der Waals surface area contributed by atoms with Crippen molar-refractivity contribution in [1.82, 2.24) is 14.7 Å². The summed E-state index contributed by atoms with van der Waals surface area (Å²) in [6.07, 6.45) is 3.53. The Morgan fingerprint density at radius 3 is 2.48 bits per heavy atom. The molecule has 2 amide bonds. The van der Waals surface area contributed by atoms with Gasteiger partial charge in [0.15, 0.2) is 0 Å². The summed E-state index contributed by atoms with van der Waals surface area (Å²) in [6.45, 7) is -0.0387. The molecular formula is C23H20N4O2. The summed E-state index contributed by atoms with van der Waals surface area (Å²) in [7, 11) is 1.62. The molecule has 1 heterocycles. The molecule has 29 heavy (non-hydrogen) atoms. The van der Waals surface area contributed by atoms with E-state index in [-0.39, 0.29) is 18.4 Å². The van der Waals surface area contributed by atoms with Crippen LogP contribution in [0.3, 0.4) is 0 Å². The van der Waals surface area contributed by atoms with Crippen LogP contribution in [0.25, 0.3) is 16.5 Å². The summed E-state index contributed by atoms with van der Waals surface area (Å²) in [4.78, 5) is 26.6. The summed E-state index contributed by atoms with van der Waals surface area (Å²) in [5.41, 5.74) is 2.11. The lowest BCUT2D eigenvalue weighted by Gasteiger charge is -2.17. The molecule has 144 valence electrons. The maximum atomic E-state index is 12.7. The van der Waals surface area contributed by atoms with E-state index in [1.54, 1.807) is 30.1 Å². The van der Waals surface area contributed by atoms with Crippen LogP contribution in [0.1, 0.15) is 10.4 Å². The number of rotatable bonds is 5. The van der Waals surface area contributed by atoms with Gasteiger partial charge in [-0.2, -0.15) is 5.10 Å². The number of anilines is 1. The van der Waals surface area contributed by atoms with Crippen molar-refractivity contribution in [2.45, 2.75) is 0 Å². The van der Waals surface area contributed by atoms with Gasteiger partial charge in [-0.3, -0.25) is 9.59 Å². The first-order valence-corrected chi connectivity index (χ1v) is 9.25. The molecule has 3 aromatic carbocycles. The number of nitrogens with one attached hydrogen (secondary N) is 1. The van der Waals surface area contributed by atoms with E-state index in [0.717, 1.165) is 22.1 Å². The Balaban J connectivity index is 1.42. The SMILES string of the molecule is CN(CC(=O)Nc1cccc2ccccc12)C(=O)c1ccc(-n2cccn2)cc1. The molecule has 4 aromatic rings. The molecule has 0 spiro atoms. The largest absolute Gasteiger partial charge is 0.332 e. The van der Waals surface area contributed by atoms with Gasteiger partial charge in [-0.05, 0) is 41.8 Å². The zero-order valence-electron chi connectivity index (χ0n) is 15.9. The zero-order chi connectivity index (χ0) is 20.2. The first kappa shape index (κ1) is 18.4. The summed E-state index contributed by atoms with van der Waals surface area (Å²) in [5.74, 6) is -0.463. The van der Waals surface area contributed by atoms with Crippen molar-refractivity contribution in [3.05, 3.63) is 90.8 Å². The van der Waals surface area contributed by atoms with Gasteiger partial charge in [0.25, 0.3) is 5.91 Å². The Morgan fingerprint density at radius 1 is 0.966 bits per heavy atom. The highest BCUT2D eigenvalue weighted by Crippen LogP contribution is 2.22. The molecule has 6 heteroatoms. The van der Waals surface area contributed by atoms with E-state index >= 15 is 0 Å². The first-order chi connectivity index (χ1) is 14.1. The zero-order valence-corrected chi connectivity index (χ0v) is 15.9. The van der Waals surface area contributed by atoms with Gasteiger partial charge in [0.05, 0.1) is 12.2 Å². The molecule has 0 bridgehead atoms. The van der Waals surface area contributed by atoms with Crippen molar-refractivity contribution in [2.24, 2.45) is 0 Å². The minimum Gasteiger partial charge on any atom is -0.332 e. The molecule has 0 fully saturated rings. The number of aromatic nitrogens is 2. The van der Waals surface area contributed by atoms with Crippen LogP contribution in [-0.2, 0) is 4.79 Å². The van der Waals surface area contributed by atoms with Gasteiger partial charge in [-0.1, -0.05) is 36.4 Å². The van der Waals surface area contributed by atoms with Gasteiger partial charge in [0, 0.05) is 36.1 Å². The second kappa shape index (κ2) is 7.98. The Hall–Kier alpha value is -3.93. The van der Waals surface area contributed by atoms with Crippen molar-refractivity contribution in [3.8, 4) is 5.69 Å². The Morgan fingerprint density at radius 2 is 1.72 bits per heavy atom. The predicted molar refractivity (Wildman–Crippen MR) is 113 cm³/mol. The van der Waals surface area contributed by atoms with E-state index in [0.29, 0.717) is 5.56 Å². The minimum absolute atomic E-state index is 0.0387. The molecule has 1 aromatic heterocycles. The average Bonchev–Trinajstić information content (AvgIpc) is 3.28. The standard InChI is InChI=1S/C23H20N4O2/c1-26(23(29)18-10-12-19(13-11-18)27-15-5-14-24-27)16-22(28)25-21-9-4-7-17-6-2-3-8-20(17)21/h2-15H,16H2,1H3,(H,25,28). The molecule has 0 aliphatic heterocycles. The topological polar surface area (TPSA) is 67.2 Å². The number of carbonyl (C=O) groups is 2. The maximum Gasteiger partial charge on any atom is 0.254 e. The lowest BCUT2D eigenvalue weighted by atomic mass is 10.1. The van der Waals surface area contributed by atoms with E-state index in [4.69, 9.17) is 0 Å². The molecule has 1 N–H and O–H groups in total. The Kier molecular flexibility index (Phi) is 5.07. The summed E-state index contributed by atoms with van der Waals surface area (Å²) in [6, 6.07) is 22.5. The second-order valence-electron chi connectivity index (χ2n) is 6.73. The molecule has 0 aliphatic rings. The molecule has 0 aliphatic carbocycles. The van der Waals surface area contributed by atoms with Gasteiger partial charge in [0.2, 0.25) is 5.91 Å². The molecule has 0 saturated carbocycles. The lowest BCUT2D eigenvalue weighted by Crippen LogP contribution is -2.34. The van der Waals surface area contributed by atoms with E-state index in [1.807, 2.05) is 66.9 Å². The third kappa shape index (κ3) is 4.01. The molecule has 0 radical (unpaired) electrons. The van der Waals surface area contributed by atoms with Crippen LogP contribution in [0, 0.1) is 0 Å². The van der Waals surface area contributed by atoms with E-state index in [9.17, 15) is 9.59 Å². The highest BCUT2D eigenvalue weighted by atomic mass is 16.2. The minimum atomic E-state index is -0.245. The highest BCUT2D eigenvalue weighted by Gasteiger charge is 2.16. The second-order valence-corrected chi connectivity index (χ2v) is 6.73. The van der Waals surface area contributed by atoms with Gasteiger partial charge in [-0.15, -0.1) is 0 Å². The number of hydrogen-bond acceptors (Lipinski definition) is 3. The van der Waals surface area contributed by atoms with Crippen LogP contribution in [0.2, 0.25) is 0 Å². The summed E-state index contributed by atoms with van der Waals surface area (Å²) >= 11 is 0. The van der Waals surface area contributed by atoms with E-state index in [1.165, 1.54) is 4.90 Å². The number of likely N-dealkylation sites (N-methyl/N-ethyl adjacent to an activating group) is 1. The third-order valence-corrected chi connectivity index (χ3v) is 4.67. The van der Waals surface area contributed by atoms with Gasteiger partial charge < -0.3 is 10.2 Å². The fourth-order valence-electron chi connectivity index (χ4n) is 3.21. The Bertz CT molecular complexity index is 1150. The van der Waals surface area contributed by atoms with E-state index in [2.05, 4.69) is 10.4 Å². The molecule has 0 unspecified atom stereocenters. The number of carbonyl (C=O) groups excluding carboxylic acids is 2. The molecule has 0 atom stereocenters. The molecule has 0 saturated heterocycles. The summed E-state index contributed by atoms with van der Waals surface area (Å²) < 4.78 is 1.72. The number of fused-ring (bicyclic) bond motifs is 1. The van der Waals surface area contributed by atoms with Crippen LogP contribution >= 0.6 is 0 Å². The van der Waals surface area contributed by atoms with Crippen molar-refractivity contribution in [2.75, 3.05) is 18.9 Å². The van der Waals surface area contributed by atoms with Crippen molar-refractivity contribution >= 4 is 28.3 Å². The van der Waals surface area contributed by atoms with Crippen molar-refractivity contribution < 1.29 is 9.59 Å². The third-order valence-electron chi connectivity index (χ3n) is 4.67. The highest BCUT2D eigenvalue weighted by molar-refractivity contribution is 6.04. The smallest absolute Gasteiger partial charge is 0.254 e. The fourth-order valence-corrected chi connectivity index (χ4v) is 3.21. The number of nitrogens with zero attached hydrogens (tertiary/aromatic N) is 3. The van der Waals surface area contributed by atoms with Crippen LogP contribution in [-0.4, -0.2) is 40.1 Å². The lowest BCUT2D eigenvalue weighted by molar-refractivity contribution is -0.116. The number of hydrogen-bond donors (Lipinski definition) is 1. The van der Waals surface area contributed by atoms with Crippen LogP contribution in [0.15, 0.2) is 85.2 Å². The average molecular weight is 384 g/mol. The van der Waals surface area contributed by atoms with Crippen LogP contribution in [0.4, 0.5) is 5.69 Å². The van der Waals surface area contributed by atoms with Crippen LogP contribution < -0.4 is 5.32 Å². The molecule has 6 nitrogen and oxygen atoms in total. The van der Waals surface area contributed by atoms with Crippen molar-refractivity contribution in [1.29, 1.82) is 0 Å². The summed E-state index contributed by atoms with van der Waals surface area (Å²) in [5, 5.41) is 9.08. The monoisotopic (exact) mass is 384 g/mol. The van der Waals surface area contributed by atoms with Crippen LogP contribution in [0.5, 0.6) is 0 Å². The number of benzene rings is 3. The first-order valence-electron chi connectivity index (χ1n) is 9.25. The molecule has 4 rings (SSSR count). The number of amides is 2. The van der Waals surface area contributed by atoms with E-state index < -0.39 is 0 Å². The molecular weight excluding hydrogens is 364 g/mol. The quantitative estimate of drug-likeness (QED) is 0.570. The fraction of sp³-hybridized carbons (Fsp3) is 0.0870. The van der Waals surface area contributed by atoms with Crippen molar-refractivity contribution in [3.63, 3.8) is 0 Å². The van der Waals surface area contributed by atoms with Gasteiger partial charge >= 0.3 is 0 Å². The normalized spacial score (nSPS) is 10.7. The van der Waals surface area contributed by atoms with Gasteiger partial charge in [0.1, 0.15) is 0 Å². The predicted octanol–water partition coefficient (Wildman–Crippen LogP) is 3.74. The Labute approximate surface area is 168 Å². The van der Waals surface area contributed by atoms with Gasteiger partial charge in [-0.25, -0.2) is 4.68 Å².